The molecule has 0 fully saturated rings. The van der Waals surface area contributed by atoms with Crippen LogP contribution in [-0.2, 0) is 13.0 Å². The summed E-state index contributed by atoms with van der Waals surface area (Å²) in [5.41, 5.74) is 5.62. The average molecular weight is 280 g/mol. The molecule has 0 amide bonds. The summed E-state index contributed by atoms with van der Waals surface area (Å²) >= 11 is 0. The van der Waals surface area contributed by atoms with Gasteiger partial charge in [0.15, 0.2) is 0 Å². The molecule has 4 heteroatoms. The average Bonchev–Trinajstić information content (AvgIpc) is 2.88. The zero-order valence-electron chi connectivity index (χ0n) is 12.5. The maximum atomic E-state index is 4.51. The molecule has 0 unspecified atom stereocenters. The highest BCUT2D eigenvalue weighted by Crippen LogP contribution is 2.09. The fourth-order valence-corrected chi connectivity index (χ4v) is 2.57. The van der Waals surface area contributed by atoms with Gasteiger partial charge in [0.2, 0.25) is 0 Å². The van der Waals surface area contributed by atoms with Crippen LogP contribution < -0.4 is 5.32 Å². The molecule has 0 aromatic carbocycles. The molecule has 0 radical (unpaired) electrons. The molecule has 4 nitrogen and oxygen atoms in total. The van der Waals surface area contributed by atoms with Crippen LogP contribution in [0.3, 0.4) is 0 Å². The third-order valence-electron chi connectivity index (χ3n) is 3.61. The molecule has 0 aliphatic rings. The van der Waals surface area contributed by atoms with Crippen LogP contribution in [0.2, 0.25) is 0 Å². The normalized spacial score (nSPS) is 11.1. The van der Waals surface area contributed by atoms with Crippen molar-refractivity contribution in [2.45, 2.75) is 26.8 Å². The topological polar surface area (TPSA) is 42.2 Å². The molecule has 0 bridgehead atoms. The molecule has 3 rings (SSSR count). The second-order valence-corrected chi connectivity index (χ2v) is 5.31. The molecule has 3 aromatic rings. The Morgan fingerprint density at radius 3 is 2.81 bits per heavy atom. The Balaban J connectivity index is 1.60. The van der Waals surface area contributed by atoms with Crippen LogP contribution in [0, 0.1) is 13.8 Å². The number of rotatable bonds is 5. The minimum Gasteiger partial charge on any atom is -0.311 e. The first kappa shape index (κ1) is 13.8. The van der Waals surface area contributed by atoms with E-state index in [2.05, 4.69) is 44.8 Å². The smallest absolute Gasteiger partial charge is 0.137 e. The Morgan fingerprint density at radius 1 is 1.10 bits per heavy atom. The lowest BCUT2D eigenvalue weighted by Gasteiger charge is -2.07. The van der Waals surface area contributed by atoms with E-state index in [0.29, 0.717) is 0 Å². The Hall–Kier alpha value is -2.20. The highest BCUT2D eigenvalue weighted by molar-refractivity contribution is 5.42. The number of aromatic nitrogens is 3. The van der Waals surface area contributed by atoms with Crippen LogP contribution in [0.5, 0.6) is 0 Å². The molecule has 0 aliphatic heterocycles. The molecule has 0 saturated carbocycles. The van der Waals surface area contributed by atoms with Crippen LogP contribution in [-0.4, -0.2) is 20.9 Å². The summed E-state index contributed by atoms with van der Waals surface area (Å²) in [7, 11) is 0. The summed E-state index contributed by atoms with van der Waals surface area (Å²) in [6.45, 7) is 5.86. The molecule has 3 aromatic heterocycles. The summed E-state index contributed by atoms with van der Waals surface area (Å²) in [5, 5.41) is 3.47. The van der Waals surface area contributed by atoms with Crippen molar-refractivity contribution in [1.29, 1.82) is 0 Å². The van der Waals surface area contributed by atoms with E-state index >= 15 is 0 Å². The number of hydrogen-bond acceptors (Lipinski definition) is 3. The Kier molecular flexibility index (Phi) is 3.97. The zero-order chi connectivity index (χ0) is 14.7. The minimum absolute atomic E-state index is 0.817. The Bertz CT molecular complexity index is 745. The summed E-state index contributed by atoms with van der Waals surface area (Å²) in [6, 6.07) is 12.3. The minimum atomic E-state index is 0.817. The molecule has 0 aliphatic carbocycles. The standard InChI is InChI=1S/C17H20N4/c1-13-5-3-7-15(20-13)9-10-18-11-16-12-19-17-8-4-6-14(2)21(16)17/h3-8,12,18H,9-11H2,1-2H3. The highest BCUT2D eigenvalue weighted by atomic mass is 15.0. The molecule has 1 N–H and O–H groups in total. The Morgan fingerprint density at radius 2 is 1.95 bits per heavy atom. The van der Waals surface area contributed by atoms with Gasteiger partial charge >= 0.3 is 0 Å². The summed E-state index contributed by atoms with van der Waals surface area (Å²) in [4.78, 5) is 8.95. The van der Waals surface area contributed by atoms with E-state index in [-0.39, 0.29) is 0 Å². The number of aryl methyl sites for hydroxylation is 2. The van der Waals surface area contributed by atoms with Crippen LogP contribution in [0.15, 0.2) is 42.6 Å². The Labute approximate surface area is 124 Å². The maximum Gasteiger partial charge on any atom is 0.137 e. The summed E-state index contributed by atoms with van der Waals surface area (Å²) < 4.78 is 2.19. The first-order valence-corrected chi connectivity index (χ1v) is 7.29. The van der Waals surface area contributed by atoms with Gasteiger partial charge in [-0.3, -0.25) is 4.98 Å². The molecule has 3 heterocycles. The second kappa shape index (κ2) is 6.06. The zero-order valence-corrected chi connectivity index (χ0v) is 12.5. The number of fused-ring (bicyclic) bond motifs is 1. The lowest BCUT2D eigenvalue weighted by atomic mass is 10.2. The van der Waals surface area contributed by atoms with Crippen molar-refractivity contribution in [2.24, 2.45) is 0 Å². The van der Waals surface area contributed by atoms with Crippen LogP contribution in [0.25, 0.3) is 5.65 Å². The first-order valence-electron chi connectivity index (χ1n) is 7.29. The molecular weight excluding hydrogens is 260 g/mol. The van der Waals surface area contributed by atoms with Gasteiger partial charge in [0.05, 0.1) is 11.9 Å². The number of nitrogens with one attached hydrogen (secondary N) is 1. The third kappa shape index (κ3) is 3.11. The van der Waals surface area contributed by atoms with Crippen molar-refractivity contribution in [2.75, 3.05) is 6.54 Å². The van der Waals surface area contributed by atoms with Crippen molar-refractivity contribution in [3.8, 4) is 0 Å². The van der Waals surface area contributed by atoms with Gasteiger partial charge < -0.3 is 9.72 Å². The van der Waals surface area contributed by atoms with Gasteiger partial charge in [-0.25, -0.2) is 4.98 Å². The van der Waals surface area contributed by atoms with Gasteiger partial charge in [-0.05, 0) is 38.1 Å². The SMILES string of the molecule is Cc1cccc(CCNCc2cnc3cccc(C)n23)n1. The fraction of sp³-hybridized carbons (Fsp3) is 0.294. The fourth-order valence-electron chi connectivity index (χ4n) is 2.57. The lowest BCUT2D eigenvalue weighted by molar-refractivity contribution is 0.662. The van der Waals surface area contributed by atoms with E-state index in [0.717, 1.165) is 36.5 Å². The number of pyridine rings is 2. The van der Waals surface area contributed by atoms with Crippen molar-refractivity contribution in [3.05, 3.63) is 65.4 Å². The molecule has 0 spiro atoms. The van der Waals surface area contributed by atoms with Gasteiger partial charge in [-0.15, -0.1) is 0 Å². The van der Waals surface area contributed by atoms with Crippen molar-refractivity contribution >= 4 is 5.65 Å². The number of nitrogens with zero attached hydrogens (tertiary/aromatic N) is 3. The second-order valence-electron chi connectivity index (χ2n) is 5.31. The van der Waals surface area contributed by atoms with E-state index in [1.54, 1.807) is 0 Å². The van der Waals surface area contributed by atoms with E-state index in [1.165, 1.54) is 11.4 Å². The first-order chi connectivity index (χ1) is 10.2. The van der Waals surface area contributed by atoms with Crippen molar-refractivity contribution < 1.29 is 0 Å². The molecular formula is C17H20N4. The molecule has 21 heavy (non-hydrogen) atoms. The van der Waals surface area contributed by atoms with Gasteiger partial charge in [0.1, 0.15) is 5.65 Å². The van der Waals surface area contributed by atoms with E-state index in [4.69, 9.17) is 0 Å². The molecule has 0 atom stereocenters. The van der Waals surface area contributed by atoms with Gasteiger partial charge in [0, 0.05) is 36.6 Å². The lowest BCUT2D eigenvalue weighted by Crippen LogP contribution is -2.18. The van der Waals surface area contributed by atoms with Crippen molar-refractivity contribution in [1.82, 2.24) is 19.7 Å². The largest absolute Gasteiger partial charge is 0.311 e. The quantitative estimate of drug-likeness (QED) is 0.731. The van der Waals surface area contributed by atoms with Gasteiger partial charge in [0.25, 0.3) is 0 Å². The van der Waals surface area contributed by atoms with Crippen molar-refractivity contribution in [3.63, 3.8) is 0 Å². The molecule has 108 valence electrons. The summed E-state index contributed by atoms with van der Waals surface area (Å²) in [6.07, 6.45) is 2.89. The monoisotopic (exact) mass is 280 g/mol. The van der Waals surface area contributed by atoms with Crippen LogP contribution >= 0.6 is 0 Å². The third-order valence-corrected chi connectivity index (χ3v) is 3.61. The van der Waals surface area contributed by atoms with E-state index in [9.17, 15) is 0 Å². The highest BCUT2D eigenvalue weighted by Gasteiger charge is 2.04. The maximum absolute atomic E-state index is 4.51. The van der Waals surface area contributed by atoms with Crippen LogP contribution in [0.1, 0.15) is 22.8 Å². The molecule has 0 saturated heterocycles. The predicted octanol–water partition coefficient (Wildman–Crippen LogP) is 2.68. The van der Waals surface area contributed by atoms with E-state index < -0.39 is 0 Å². The predicted molar refractivity (Wildman–Crippen MR) is 84.3 cm³/mol. The number of hydrogen-bond donors (Lipinski definition) is 1. The van der Waals surface area contributed by atoms with Gasteiger partial charge in [-0.2, -0.15) is 0 Å². The summed E-state index contributed by atoms with van der Waals surface area (Å²) in [5.74, 6) is 0. The van der Waals surface area contributed by atoms with Gasteiger partial charge in [-0.1, -0.05) is 12.1 Å². The van der Waals surface area contributed by atoms with Crippen LogP contribution in [0.4, 0.5) is 0 Å². The number of imidazole rings is 1. The van der Waals surface area contributed by atoms with E-state index in [1.807, 2.05) is 31.3 Å².